The van der Waals surface area contributed by atoms with Gasteiger partial charge in [0.25, 0.3) is 5.56 Å². The van der Waals surface area contributed by atoms with E-state index >= 15 is 0 Å². The van der Waals surface area contributed by atoms with E-state index in [1.807, 2.05) is 6.92 Å². The second kappa shape index (κ2) is 7.92. The fraction of sp³-hybridized carbons (Fsp3) is 0.417. The zero-order valence-corrected chi connectivity index (χ0v) is 20.5. The third-order valence-electron chi connectivity index (χ3n) is 7.43. The highest BCUT2D eigenvalue weighted by atomic mass is 32.2. The summed E-state index contributed by atoms with van der Waals surface area (Å²) in [4.78, 5) is 40.5. The predicted molar refractivity (Wildman–Crippen MR) is 134 cm³/mol. The van der Waals surface area contributed by atoms with Gasteiger partial charge in [0.05, 0.1) is 15.8 Å². The van der Waals surface area contributed by atoms with Crippen LogP contribution in [0.15, 0.2) is 38.0 Å². The number of anilines is 1. The number of benzene rings is 1. The molecule has 1 aliphatic heterocycles. The van der Waals surface area contributed by atoms with Gasteiger partial charge in [0.1, 0.15) is 17.3 Å². The Morgan fingerprint density at radius 1 is 1.23 bits per heavy atom. The quantitative estimate of drug-likeness (QED) is 0.418. The molecule has 1 aromatic carbocycles. The highest BCUT2D eigenvalue weighted by Crippen LogP contribution is 2.43. The lowest BCUT2D eigenvalue weighted by Crippen LogP contribution is -2.41. The van der Waals surface area contributed by atoms with Gasteiger partial charge in [-0.3, -0.25) is 9.36 Å². The van der Waals surface area contributed by atoms with Gasteiger partial charge in [0, 0.05) is 44.3 Å². The minimum Gasteiger partial charge on any atom is -0.353 e. The first-order valence-electron chi connectivity index (χ1n) is 11.7. The number of piperidine rings is 1. The number of rotatable bonds is 4. The number of H-pyrrole nitrogens is 1. The van der Waals surface area contributed by atoms with Crippen molar-refractivity contribution in [2.75, 3.05) is 11.4 Å². The van der Waals surface area contributed by atoms with E-state index < -0.39 is 11.2 Å². The molecular weight excluding hydrogens is 469 g/mol. The Morgan fingerprint density at radius 3 is 2.71 bits per heavy atom. The Bertz CT molecular complexity index is 1620. The van der Waals surface area contributed by atoms with Crippen LogP contribution in [0.5, 0.6) is 0 Å². The smallest absolute Gasteiger partial charge is 0.330 e. The summed E-state index contributed by atoms with van der Waals surface area (Å²) in [5, 5.41) is 1.93. The lowest BCUT2D eigenvalue weighted by Gasteiger charge is -2.31. The number of nitrogens with zero attached hydrogens (tertiary/aromatic N) is 5. The Kier molecular flexibility index (Phi) is 5.05. The standard InChI is InChI=1S/C24H26FN7O2S/c1-4-11-5-13(25)7-15-18-20(27-19(11)15)28-23(35-17-10-30(2)24(34)31(3)22(17)33)29-21(18)32-9-12-6-14(32)8-16(12)26/h5,7,10,12,14,16H,4,6,8-9,26H2,1-3H3,(H,27,28,29)/t12-,14-,16-/m1/s1. The van der Waals surface area contributed by atoms with Gasteiger partial charge in [0.2, 0.25) is 0 Å². The third kappa shape index (κ3) is 3.40. The molecule has 2 aliphatic rings. The van der Waals surface area contributed by atoms with Crippen molar-refractivity contribution < 1.29 is 4.39 Å². The summed E-state index contributed by atoms with van der Waals surface area (Å²) in [6.07, 6.45) is 4.07. The van der Waals surface area contributed by atoms with Crippen molar-refractivity contribution in [1.82, 2.24) is 24.1 Å². The number of halogens is 1. The van der Waals surface area contributed by atoms with Crippen LogP contribution in [0.25, 0.3) is 21.9 Å². The summed E-state index contributed by atoms with van der Waals surface area (Å²) in [5.74, 6) is 0.834. The number of nitrogens with one attached hydrogen (secondary N) is 1. The number of fused-ring (bicyclic) bond motifs is 5. The van der Waals surface area contributed by atoms with E-state index in [4.69, 9.17) is 15.7 Å². The van der Waals surface area contributed by atoms with Crippen molar-refractivity contribution >= 4 is 39.5 Å². The molecule has 6 rings (SSSR count). The molecule has 11 heteroatoms. The third-order valence-corrected chi connectivity index (χ3v) is 8.30. The summed E-state index contributed by atoms with van der Waals surface area (Å²) in [5.41, 5.74) is 7.82. The number of aromatic nitrogens is 5. The summed E-state index contributed by atoms with van der Waals surface area (Å²) < 4.78 is 17.0. The molecule has 2 bridgehead atoms. The van der Waals surface area contributed by atoms with Gasteiger partial charge in [-0.05, 0) is 54.6 Å². The molecule has 0 unspecified atom stereocenters. The van der Waals surface area contributed by atoms with E-state index in [1.54, 1.807) is 13.1 Å². The second-order valence-corrected chi connectivity index (χ2v) is 10.6. The lowest BCUT2D eigenvalue weighted by molar-refractivity contribution is 0.471. The normalized spacial score (nSPS) is 21.6. The molecule has 0 radical (unpaired) electrons. The van der Waals surface area contributed by atoms with E-state index in [1.165, 1.54) is 23.9 Å². The molecule has 3 atom stereocenters. The first-order chi connectivity index (χ1) is 16.7. The fourth-order valence-corrected chi connectivity index (χ4v) is 6.52. The summed E-state index contributed by atoms with van der Waals surface area (Å²) in [6, 6.07) is 3.53. The van der Waals surface area contributed by atoms with Crippen LogP contribution >= 0.6 is 11.8 Å². The van der Waals surface area contributed by atoms with Gasteiger partial charge < -0.3 is 20.2 Å². The molecule has 1 saturated carbocycles. The molecule has 4 aromatic rings. The zero-order valence-electron chi connectivity index (χ0n) is 19.7. The Morgan fingerprint density at radius 2 is 2.03 bits per heavy atom. The summed E-state index contributed by atoms with van der Waals surface area (Å²) in [7, 11) is 3.05. The van der Waals surface area contributed by atoms with E-state index in [9.17, 15) is 14.0 Å². The number of nitrogens with two attached hydrogens (primary N) is 1. The molecule has 2 fully saturated rings. The van der Waals surface area contributed by atoms with Crippen molar-refractivity contribution in [1.29, 1.82) is 0 Å². The topological polar surface area (TPSA) is 115 Å². The van der Waals surface area contributed by atoms with Crippen LogP contribution in [0.4, 0.5) is 10.2 Å². The van der Waals surface area contributed by atoms with Crippen LogP contribution in [0, 0.1) is 11.7 Å². The molecule has 3 aromatic heterocycles. The highest BCUT2D eigenvalue weighted by Gasteiger charge is 2.44. The van der Waals surface area contributed by atoms with Gasteiger partial charge >= 0.3 is 5.69 Å². The van der Waals surface area contributed by atoms with Crippen molar-refractivity contribution in [2.24, 2.45) is 25.7 Å². The lowest BCUT2D eigenvalue weighted by atomic mass is 10.0. The van der Waals surface area contributed by atoms with E-state index in [2.05, 4.69) is 9.88 Å². The minimum atomic E-state index is -0.401. The van der Waals surface area contributed by atoms with Crippen molar-refractivity contribution in [3.05, 3.63) is 50.5 Å². The molecule has 182 valence electrons. The van der Waals surface area contributed by atoms with Crippen LogP contribution in [0.1, 0.15) is 25.3 Å². The zero-order chi connectivity index (χ0) is 24.6. The molecule has 3 N–H and O–H groups in total. The molecule has 4 heterocycles. The van der Waals surface area contributed by atoms with Gasteiger partial charge in [-0.2, -0.15) is 0 Å². The van der Waals surface area contributed by atoms with Crippen molar-refractivity contribution in [3.8, 4) is 0 Å². The van der Waals surface area contributed by atoms with Crippen LogP contribution < -0.4 is 21.9 Å². The largest absolute Gasteiger partial charge is 0.353 e. The fourth-order valence-electron chi connectivity index (χ4n) is 5.62. The maximum atomic E-state index is 14.6. The first-order valence-corrected chi connectivity index (χ1v) is 12.5. The maximum Gasteiger partial charge on any atom is 0.330 e. The molecule has 0 spiro atoms. The van der Waals surface area contributed by atoms with Crippen LogP contribution in [0.2, 0.25) is 0 Å². The molecule has 35 heavy (non-hydrogen) atoms. The monoisotopic (exact) mass is 495 g/mol. The first kappa shape index (κ1) is 22.3. The Balaban J connectivity index is 1.57. The Hall–Kier alpha value is -3.18. The van der Waals surface area contributed by atoms with Crippen LogP contribution in [0.3, 0.4) is 0 Å². The van der Waals surface area contributed by atoms with Gasteiger partial charge in [-0.15, -0.1) is 0 Å². The van der Waals surface area contributed by atoms with Gasteiger partial charge in [-0.25, -0.2) is 19.2 Å². The minimum absolute atomic E-state index is 0.183. The average molecular weight is 496 g/mol. The molecule has 1 aliphatic carbocycles. The predicted octanol–water partition coefficient (Wildman–Crippen LogP) is 2.29. The van der Waals surface area contributed by atoms with Crippen molar-refractivity contribution in [3.63, 3.8) is 0 Å². The number of hydrogen-bond donors (Lipinski definition) is 2. The van der Waals surface area contributed by atoms with Gasteiger partial charge in [0.15, 0.2) is 5.16 Å². The molecular formula is C24H26FN7O2S. The number of hydrogen-bond acceptors (Lipinski definition) is 7. The highest BCUT2D eigenvalue weighted by molar-refractivity contribution is 7.99. The number of aromatic amines is 1. The summed E-state index contributed by atoms with van der Waals surface area (Å²) in [6.45, 7) is 2.77. The van der Waals surface area contributed by atoms with E-state index in [0.29, 0.717) is 28.0 Å². The number of aryl methyl sites for hydroxylation is 2. The molecule has 9 nitrogen and oxygen atoms in total. The van der Waals surface area contributed by atoms with Crippen LogP contribution in [-0.4, -0.2) is 42.7 Å². The van der Waals surface area contributed by atoms with Gasteiger partial charge in [-0.1, -0.05) is 6.92 Å². The average Bonchev–Trinajstić information content (AvgIpc) is 3.52. The molecule has 1 saturated heterocycles. The van der Waals surface area contributed by atoms with E-state index in [-0.39, 0.29) is 17.9 Å². The van der Waals surface area contributed by atoms with Crippen LogP contribution in [-0.2, 0) is 20.5 Å². The second-order valence-electron chi connectivity index (χ2n) is 9.57. The maximum absolute atomic E-state index is 14.6. The summed E-state index contributed by atoms with van der Waals surface area (Å²) >= 11 is 1.12. The molecule has 0 amide bonds. The SMILES string of the molecule is CCc1cc(F)cc2c1[nH]c1nc(Sc3cn(C)c(=O)n(C)c3=O)nc(N3C[C@H]4C[C@@H]3C[C@H]4N)c12. The Labute approximate surface area is 204 Å². The van der Waals surface area contributed by atoms with Crippen molar-refractivity contribution in [2.45, 2.75) is 48.3 Å². The van der Waals surface area contributed by atoms with E-state index in [0.717, 1.165) is 63.4 Å².